The zero-order valence-corrected chi connectivity index (χ0v) is 14.0. The number of amides is 1. The van der Waals surface area contributed by atoms with E-state index in [-0.39, 0.29) is 5.91 Å². The van der Waals surface area contributed by atoms with Crippen LogP contribution >= 0.6 is 0 Å². The molecule has 0 aromatic heterocycles. The van der Waals surface area contributed by atoms with Crippen LogP contribution in [0.25, 0.3) is 0 Å². The number of aryl methyl sites for hydroxylation is 1. The summed E-state index contributed by atoms with van der Waals surface area (Å²) in [4.78, 5) is 14.6. The highest BCUT2D eigenvalue weighted by Gasteiger charge is 2.16. The van der Waals surface area contributed by atoms with Gasteiger partial charge in [0.2, 0.25) is 5.91 Å². The van der Waals surface area contributed by atoms with Crippen molar-refractivity contribution in [1.29, 1.82) is 0 Å². The third kappa shape index (κ3) is 4.11. The Balaban J connectivity index is 2.12. The maximum absolute atomic E-state index is 12.3. The van der Waals surface area contributed by atoms with Crippen molar-refractivity contribution in [1.82, 2.24) is 0 Å². The molecule has 122 valence electrons. The molecule has 1 amide bonds. The van der Waals surface area contributed by atoms with Crippen LogP contribution < -0.4 is 16.0 Å². The highest BCUT2D eigenvalue weighted by Crippen LogP contribution is 2.23. The summed E-state index contributed by atoms with van der Waals surface area (Å²) in [6.45, 7) is 8.18. The number of nitrogens with zero attached hydrogens (tertiary/aromatic N) is 1. The zero-order chi connectivity index (χ0) is 16.8. The molecular formula is C19H25N3O. The molecule has 0 unspecified atom stereocenters. The van der Waals surface area contributed by atoms with Crippen LogP contribution in [0.2, 0.25) is 0 Å². The molecule has 0 radical (unpaired) electrons. The first-order chi connectivity index (χ1) is 11.1. The minimum Gasteiger partial charge on any atom is -0.372 e. The largest absolute Gasteiger partial charge is 0.372 e. The summed E-state index contributed by atoms with van der Waals surface area (Å²) in [7, 11) is 0. The summed E-state index contributed by atoms with van der Waals surface area (Å²) in [5, 5.41) is 2.93. The molecule has 2 rings (SSSR count). The van der Waals surface area contributed by atoms with E-state index in [1.807, 2.05) is 49.4 Å². The Hall–Kier alpha value is -2.33. The van der Waals surface area contributed by atoms with Crippen LogP contribution in [-0.4, -0.2) is 19.0 Å². The van der Waals surface area contributed by atoms with Gasteiger partial charge in [-0.15, -0.1) is 0 Å². The van der Waals surface area contributed by atoms with Gasteiger partial charge in [-0.25, -0.2) is 0 Å². The van der Waals surface area contributed by atoms with Crippen molar-refractivity contribution in [3.63, 3.8) is 0 Å². The number of carbonyl (C=O) groups is 1. The molecule has 4 nitrogen and oxygen atoms in total. The van der Waals surface area contributed by atoms with Crippen LogP contribution in [0.1, 0.15) is 31.0 Å². The first-order valence-corrected chi connectivity index (χ1v) is 8.03. The number of nitrogens with two attached hydrogens (primary N) is 1. The molecule has 2 aromatic rings. The van der Waals surface area contributed by atoms with Gasteiger partial charge in [-0.3, -0.25) is 4.79 Å². The van der Waals surface area contributed by atoms with Crippen molar-refractivity contribution in [2.75, 3.05) is 23.3 Å². The summed E-state index contributed by atoms with van der Waals surface area (Å²) in [5.41, 5.74) is 9.84. The molecular weight excluding hydrogens is 286 g/mol. The first kappa shape index (κ1) is 17.0. The second kappa shape index (κ2) is 7.79. The topological polar surface area (TPSA) is 58.4 Å². The zero-order valence-electron chi connectivity index (χ0n) is 14.0. The normalized spacial score (nSPS) is 11.8. The lowest BCUT2D eigenvalue weighted by molar-refractivity contribution is -0.117. The highest BCUT2D eigenvalue weighted by molar-refractivity contribution is 5.96. The molecule has 1 atom stereocenters. The number of nitrogens with one attached hydrogen (secondary N) is 1. The molecule has 0 aliphatic rings. The number of benzene rings is 2. The molecule has 0 saturated heterocycles. The number of anilines is 2. The van der Waals surface area contributed by atoms with Gasteiger partial charge in [0, 0.05) is 24.5 Å². The predicted octanol–water partition coefficient (Wildman–Crippen LogP) is 3.48. The van der Waals surface area contributed by atoms with Crippen molar-refractivity contribution >= 4 is 17.3 Å². The molecule has 0 aliphatic heterocycles. The Bertz CT molecular complexity index is 651. The van der Waals surface area contributed by atoms with Crippen LogP contribution in [0, 0.1) is 6.92 Å². The van der Waals surface area contributed by atoms with Gasteiger partial charge in [0.1, 0.15) is 6.04 Å². The van der Waals surface area contributed by atoms with Gasteiger partial charge in [-0.1, -0.05) is 30.3 Å². The fraction of sp³-hybridized carbons (Fsp3) is 0.316. The molecule has 0 bridgehead atoms. The molecule has 0 saturated carbocycles. The molecule has 0 fully saturated rings. The lowest BCUT2D eigenvalue weighted by Gasteiger charge is -2.22. The summed E-state index contributed by atoms with van der Waals surface area (Å²) >= 11 is 0. The minimum absolute atomic E-state index is 0.199. The van der Waals surface area contributed by atoms with Gasteiger partial charge in [-0.2, -0.15) is 0 Å². The van der Waals surface area contributed by atoms with Gasteiger partial charge >= 0.3 is 0 Å². The smallest absolute Gasteiger partial charge is 0.245 e. The van der Waals surface area contributed by atoms with Crippen molar-refractivity contribution in [2.45, 2.75) is 26.8 Å². The molecule has 0 aliphatic carbocycles. The Labute approximate surface area is 138 Å². The fourth-order valence-corrected chi connectivity index (χ4v) is 2.60. The van der Waals surface area contributed by atoms with E-state index in [4.69, 9.17) is 5.73 Å². The fourth-order valence-electron chi connectivity index (χ4n) is 2.60. The molecule has 4 heteroatoms. The molecule has 0 heterocycles. The third-order valence-corrected chi connectivity index (χ3v) is 4.04. The van der Waals surface area contributed by atoms with E-state index in [1.165, 1.54) is 0 Å². The number of hydrogen-bond acceptors (Lipinski definition) is 3. The highest BCUT2D eigenvalue weighted by atomic mass is 16.2. The van der Waals surface area contributed by atoms with Gasteiger partial charge in [0.05, 0.1) is 0 Å². The third-order valence-electron chi connectivity index (χ3n) is 4.04. The predicted molar refractivity (Wildman–Crippen MR) is 96.7 cm³/mol. The quantitative estimate of drug-likeness (QED) is 0.858. The van der Waals surface area contributed by atoms with Gasteiger partial charge < -0.3 is 16.0 Å². The number of rotatable bonds is 6. The van der Waals surface area contributed by atoms with E-state index < -0.39 is 6.04 Å². The SMILES string of the molecule is CCN(CC)c1ccc(NC(=O)[C@@H](N)c2ccccc2)c(C)c1. The Morgan fingerprint density at radius 1 is 1.13 bits per heavy atom. The Kier molecular flexibility index (Phi) is 5.77. The standard InChI is InChI=1S/C19H25N3O/c1-4-22(5-2)16-11-12-17(14(3)13-16)21-19(23)18(20)15-9-7-6-8-10-15/h6-13,18H,4-5,20H2,1-3H3,(H,21,23)/t18-/m0/s1. The van der Waals surface area contributed by atoms with E-state index in [9.17, 15) is 4.79 Å². The lowest BCUT2D eigenvalue weighted by atomic mass is 10.1. The average molecular weight is 311 g/mol. The van der Waals surface area contributed by atoms with Gasteiger partial charge in [0.25, 0.3) is 0 Å². The number of hydrogen-bond donors (Lipinski definition) is 2. The van der Waals surface area contributed by atoms with Crippen LogP contribution in [0.5, 0.6) is 0 Å². The van der Waals surface area contributed by atoms with E-state index in [1.54, 1.807) is 0 Å². The Morgan fingerprint density at radius 3 is 2.35 bits per heavy atom. The van der Waals surface area contributed by atoms with Crippen molar-refractivity contribution < 1.29 is 4.79 Å². The van der Waals surface area contributed by atoms with Crippen molar-refractivity contribution in [2.24, 2.45) is 5.73 Å². The molecule has 2 aromatic carbocycles. The molecule has 3 N–H and O–H groups in total. The van der Waals surface area contributed by atoms with Crippen molar-refractivity contribution in [3.05, 3.63) is 59.7 Å². The average Bonchev–Trinajstić information content (AvgIpc) is 2.58. The van der Waals surface area contributed by atoms with Crippen LogP contribution in [0.3, 0.4) is 0 Å². The van der Waals surface area contributed by atoms with E-state index in [0.29, 0.717) is 0 Å². The van der Waals surface area contributed by atoms with Gasteiger partial charge in [-0.05, 0) is 50.1 Å². The van der Waals surface area contributed by atoms with E-state index in [0.717, 1.165) is 35.6 Å². The maximum atomic E-state index is 12.3. The summed E-state index contributed by atoms with van der Waals surface area (Å²) in [5.74, 6) is -0.199. The minimum atomic E-state index is -0.668. The monoisotopic (exact) mass is 311 g/mol. The molecule has 23 heavy (non-hydrogen) atoms. The first-order valence-electron chi connectivity index (χ1n) is 8.03. The van der Waals surface area contributed by atoms with Gasteiger partial charge in [0.15, 0.2) is 0 Å². The summed E-state index contributed by atoms with van der Waals surface area (Å²) in [6, 6.07) is 14.8. The summed E-state index contributed by atoms with van der Waals surface area (Å²) in [6.07, 6.45) is 0. The van der Waals surface area contributed by atoms with E-state index >= 15 is 0 Å². The van der Waals surface area contributed by atoms with Crippen molar-refractivity contribution in [3.8, 4) is 0 Å². The lowest BCUT2D eigenvalue weighted by Crippen LogP contribution is -2.28. The second-order valence-electron chi connectivity index (χ2n) is 5.55. The number of carbonyl (C=O) groups excluding carboxylic acids is 1. The maximum Gasteiger partial charge on any atom is 0.245 e. The molecule has 0 spiro atoms. The second-order valence-corrected chi connectivity index (χ2v) is 5.55. The summed E-state index contributed by atoms with van der Waals surface area (Å²) < 4.78 is 0. The van der Waals surface area contributed by atoms with Crippen LogP contribution in [-0.2, 0) is 4.79 Å². The van der Waals surface area contributed by atoms with E-state index in [2.05, 4.69) is 30.1 Å². The van der Waals surface area contributed by atoms with Crippen LogP contribution in [0.4, 0.5) is 11.4 Å². The Morgan fingerprint density at radius 2 is 1.78 bits per heavy atom. The van der Waals surface area contributed by atoms with Crippen LogP contribution in [0.15, 0.2) is 48.5 Å².